The first-order valence-corrected chi connectivity index (χ1v) is 10.5. The topological polar surface area (TPSA) is 57.7 Å². The van der Waals surface area contributed by atoms with Crippen LogP contribution in [-0.4, -0.2) is 61.2 Å². The lowest BCUT2D eigenvalue weighted by atomic mass is 10.3. The van der Waals surface area contributed by atoms with Crippen LogP contribution in [0.2, 0.25) is 5.02 Å². The van der Waals surface area contributed by atoms with Crippen LogP contribution in [0.25, 0.3) is 0 Å². The molecule has 5 nitrogen and oxygen atoms in total. The van der Waals surface area contributed by atoms with Gasteiger partial charge < -0.3 is 4.90 Å². The number of thioether (sulfide) groups is 1. The van der Waals surface area contributed by atoms with E-state index in [-0.39, 0.29) is 11.2 Å². The van der Waals surface area contributed by atoms with Crippen molar-refractivity contribution in [3.63, 3.8) is 0 Å². The molecule has 1 aromatic rings. The van der Waals surface area contributed by atoms with Crippen LogP contribution in [0.5, 0.6) is 0 Å². The third kappa shape index (κ3) is 5.11. The zero-order valence-corrected chi connectivity index (χ0v) is 15.6. The van der Waals surface area contributed by atoms with Gasteiger partial charge in [-0.25, -0.2) is 12.7 Å². The quantitative estimate of drug-likeness (QED) is 0.757. The molecule has 1 aliphatic rings. The van der Waals surface area contributed by atoms with Gasteiger partial charge in [0.15, 0.2) is 0 Å². The Kier molecular flexibility index (Phi) is 6.36. The second-order valence-corrected chi connectivity index (χ2v) is 9.30. The second-order valence-electron chi connectivity index (χ2n) is 5.53. The van der Waals surface area contributed by atoms with Gasteiger partial charge in [-0.05, 0) is 25.5 Å². The first kappa shape index (κ1) is 18.6. The van der Waals surface area contributed by atoms with E-state index < -0.39 is 10.0 Å². The number of halogens is 1. The molecule has 0 aliphatic carbocycles. The average Bonchev–Trinajstić information content (AvgIpc) is 2.74. The van der Waals surface area contributed by atoms with Crippen LogP contribution in [0.1, 0.15) is 13.3 Å². The minimum Gasteiger partial charge on any atom is -0.340 e. The van der Waals surface area contributed by atoms with Crippen molar-refractivity contribution in [1.82, 2.24) is 9.21 Å². The Morgan fingerprint density at radius 1 is 1.22 bits per heavy atom. The molecule has 1 fully saturated rings. The molecule has 23 heavy (non-hydrogen) atoms. The molecule has 8 heteroatoms. The van der Waals surface area contributed by atoms with E-state index in [0.717, 1.165) is 4.90 Å². The highest BCUT2D eigenvalue weighted by molar-refractivity contribution is 8.00. The van der Waals surface area contributed by atoms with Crippen LogP contribution >= 0.6 is 23.4 Å². The van der Waals surface area contributed by atoms with E-state index in [4.69, 9.17) is 11.6 Å². The van der Waals surface area contributed by atoms with Crippen LogP contribution in [-0.2, 0) is 14.8 Å². The summed E-state index contributed by atoms with van der Waals surface area (Å²) < 4.78 is 24.7. The first-order valence-electron chi connectivity index (χ1n) is 7.44. The predicted molar refractivity (Wildman–Crippen MR) is 94.4 cm³/mol. The number of benzene rings is 1. The summed E-state index contributed by atoms with van der Waals surface area (Å²) in [4.78, 5) is 15.2. The number of sulfonamides is 1. The van der Waals surface area contributed by atoms with Crippen molar-refractivity contribution in [1.29, 1.82) is 0 Å². The third-order valence-electron chi connectivity index (χ3n) is 3.72. The lowest BCUT2D eigenvalue weighted by Gasteiger charge is -2.24. The van der Waals surface area contributed by atoms with Crippen molar-refractivity contribution < 1.29 is 13.2 Å². The smallest absolute Gasteiger partial charge is 0.235 e. The zero-order valence-electron chi connectivity index (χ0n) is 13.2. The Hall–Kier alpha value is -0.760. The average molecular weight is 377 g/mol. The summed E-state index contributed by atoms with van der Waals surface area (Å²) >= 11 is 7.57. The van der Waals surface area contributed by atoms with E-state index >= 15 is 0 Å². The Labute approximate surface area is 147 Å². The second kappa shape index (κ2) is 7.88. The summed E-state index contributed by atoms with van der Waals surface area (Å²) in [5.41, 5.74) is 0. The first-order chi connectivity index (χ1) is 10.8. The highest BCUT2D eigenvalue weighted by Crippen LogP contribution is 2.30. The number of hydrogen-bond acceptors (Lipinski definition) is 4. The van der Waals surface area contributed by atoms with Crippen LogP contribution in [0, 0.1) is 0 Å². The molecule has 0 N–H and O–H groups in total. The molecule has 1 aliphatic heterocycles. The number of hydrogen-bond donors (Lipinski definition) is 0. The van der Waals surface area contributed by atoms with E-state index in [2.05, 4.69) is 0 Å². The zero-order chi connectivity index (χ0) is 17.0. The molecule has 0 saturated carbocycles. The Morgan fingerprint density at radius 3 is 2.57 bits per heavy atom. The lowest BCUT2D eigenvalue weighted by Crippen LogP contribution is -2.40. The van der Waals surface area contributed by atoms with Gasteiger partial charge >= 0.3 is 0 Å². The normalized spacial score (nSPS) is 18.5. The summed E-state index contributed by atoms with van der Waals surface area (Å²) in [6.45, 7) is 3.69. The van der Waals surface area contributed by atoms with Crippen molar-refractivity contribution in [2.75, 3.05) is 32.4 Å². The maximum Gasteiger partial charge on any atom is 0.235 e. The molecule has 0 spiro atoms. The Morgan fingerprint density at radius 2 is 1.91 bits per heavy atom. The molecule has 1 aromatic carbocycles. The van der Waals surface area contributed by atoms with Gasteiger partial charge in [0.1, 0.15) is 0 Å². The van der Waals surface area contributed by atoms with Crippen molar-refractivity contribution in [3.05, 3.63) is 29.3 Å². The molecule has 1 saturated heterocycles. The minimum absolute atomic E-state index is 0.0188. The molecule has 1 unspecified atom stereocenters. The van der Waals surface area contributed by atoms with E-state index in [1.54, 1.807) is 11.0 Å². The summed E-state index contributed by atoms with van der Waals surface area (Å²) in [6.07, 6.45) is 1.86. The summed E-state index contributed by atoms with van der Waals surface area (Å²) in [5.74, 6) is 0.0188. The maximum absolute atomic E-state index is 12.6. The van der Waals surface area contributed by atoms with Crippen LogP contribution in [0.3, 0.4) is 0 Å². The number of nitrogens with zero attached hydrogens (tertiary/aromatic N) is 2. The summed E-state index contributed by atoms with van der Waals surface area (Å²) in [7, 11) is -3.20. The van der Waals surface area contributed by atoms with E-state index in [0.29, 0.717) is 37.6 Å². The largest absolute Gasteiger partial charge is 0.340 e. The molecule has 1 heterocycles. The van der Waals surface area contributed by atoms with Crippen LogP contribution in [0.15, 0.2) is 29.2 Å². The highest BCUT2D eigenvalue weighted by atomic mass is 35.5. The van der Waals surface area contributed by atoms with Gasteiger partial charge in [0.2, 0.25) is 15.9 Å². The van der Waals surface area contributed by atoms with Crippen LogP contribution < -0.4 is 0 Å². The van der Waals surface area contributed by atoms with E-state index in [1.807, 2.05) is 25.1 Å². The monoisotopic (exact) mass is 376 g/mol. The number of carbonyl (C=O) groups excluding carboxylic acids is 1. The third-order valence-corrected chi connectivity index (χ3v) is 6.63. The summed E-state index contributed by atoms with van der Waals surface area (Å²) in [5, 5.41) is 0.371. The van der Waals surface area contributed by atoms with Gasteiger partial charge in [0.25, 0.3) is 0 Å². The van der Waals surface area contributed by atoms with Gasteiger partial charge in [-0.3, -0.25) is 4.79 Å². The molecule has 0 bridgehead atoms. The van der Waals surface area contributed by atoms with Crippen molar-refractivity contribution >= 4 is 39.3 Å². The molecule has 1 atom stereocenters. The fourth-order valence-electron chi connectivity index (χ4n) is 2.48. The van der Waals surface area contributed by atoms with Crippen LogP contribution in [0.4, 0.5) is 0 Å². The van der Waals surface area contributed by atoms with Crippen molar-refractivity contribution in [3.8, 4) is 0 Å². The molecular formula is C15H21ClN2O3S2. The summed E-state index contributed by atoms with van der Waals surface area (Å²) in [6, 6.07) is 7.44. The molecule has 0 aromatic heterocycles. The molecule has 1 amide bonds. The molecule has 2 rings (SSSR count). The van der Waals surface area contributed by atoms with E-state index in [1.165, 1.54) is 22.3 Å². The fraction of sp³-hybridized carbons (Fsp3) is 0.533. The SMILES string of the molecule is CC(Sc1ccccc1Cl)C(=O)N1CCCN(S(C)(=O)=O)CC1. The molecular weight excluding hydrogens is 356 g/mol. The number of carbonyl (C=O) groups is 1. The predicted octanol–water partition coefficient (Wildman–Crippen LogP) is 2.31. The van der Waals surface area contributed by atoms with E-state index in [9.17, 15) is 13.2 Å². The number of rotatable bonds is 4. The standard InChI is InChI=1S/C15H21ClN2O3S2/c1-12(22-14-7-4-3-6-13(14)16)15(19)17-8-5-9-18(11-10-17)23(2,20)21/h3-4,6-7,12H,5,8-11H2,1-2H3. The van der Waals surface area contributed by atoms with Crippen molar-refractivity contribution in [2.45, 2.75) is 23.5 Å². The molecule has 0 radical (unpaired) electrons. The van der Waals surface area contributed by atoms with Gasteiger partial charge in [0.05, 0.1) is 16.5 Å². The lowest BCUT2D eigenvalue weighted by molar-refractivity contribution is -0.130. The highest BCUT2D eigenvalue weighted by Gasteiger charge is 2.27. The minimum atomic E-state index is -3.20. The Balaban J connectivity index is 1.98. The fourth-order valence-corrected chi connectivity index (χ4v) is 4.60. The van der Waals surface area contributed by atoms with Gasteiger partial charge in [-0.15, -0.1) is 11.8 Å². The van der Waals surface area contributed by atoms with Crippen molar-refractivity contribution in [2.24, 2.45) is 0 Å². The maximum atomic E-state index is 12.6. The van der Waals surface area contributed by atoms with Gasteiger partial charge in [0, 0.05) is 31.1 Å². The van der Waals surface area contributed by atoms with Gasteiger partial charge in [-0.2, -0.15) is 0 Å². The Bertz CT molecular complexity index is 666. The van der Waals surface area contributed by atoms with Gasteiger partial charge in [-0.1, -0.05) is 23.7 Å². The molecule has 128 valence electrons. The number of amides is 1.